The van der Waals surface area contributed by atoms with Crippen molar-refractivity contribution in [1.82, 2.24) is 9.55 Å². The molecule has 1 aromatic carbocycles. The first-order valence-corrected chi connectivity index (χ1v) is 6.86. The molecular weight excluding hydrogens is 238 g/mol. The summed E-state index contributed by atoms with van der Waals surface area (Å²) < 4.78 is 1.96. The number of imidazole rings is 1. The van der Waals surface area contributed by atoms with Gasteiger partial charge in [-0.25, -0.2) is 4.98 Å². The number of hydrogen-bond acceptors (Lipinski definition) is 3. The number of nitrogens with zero attached hydrogens (tertiary/aromatic N) is 2. The largest absolute Gasteiger partial charge is 0.334 e. The summed E-state index contributed by atoms with van der Waals surface area (Å²) in [6, 6.07) is 6.08. The van der Waals surface area contributed by atoms with Gasteiger partial charge in [-0.3, -0.25) is 4.79 Å². The van der Waals surface area contributed by atoms with Crippen molar-refractivity contribution in [2.45, 2.75) is 31.7 Å². The van der Waals surface area contributed by atoms with Gasteiger partial charge >= 0.3 is 0 Å². The molecule has 2 N–H and O–H groups in total. The Morgan fingerprint density at radius 3 is 2.79 bits per heavy atom. The van der Waals surface area contributed by atoms with E-state index in [0.717, 1.165) is 42.3 Å². The molecule has 0 amide bonds. The molecule has 100 valence electrons. The fourth-order valence-electron chi connectivity index (χ4n) is 2.91. The van der Waals surface area contributed by atoms with E-state index in [9.17, 15) is 4.79 Å². The van der Waals surface area contributed by atoms with Gasteiger partial charge in [0.1, 0.15) is 0 Å². The molecule has 1 saturated carbocycles. The molecule has 1 aliphatic rings. The van der Waals surface area contributed by atoms with Crippen molar-refractivity contribution in [3.63, 3.8) is 0 Å². The third-order valence-corrected chi connectivity index (χ3v) is 4.15. The third kappa shape index (κ3) is 2.28. The first-order chi connectivity index (χ1) is 9.15. The van der Waals surface area contributed by atoms with Gasteiger partial charge in [0.05, 0.1) is 17.4 Å². The van der Waals surface area contributed by atoms with Gasteiger partial charge in [0, 0.05) is 24.6 Å². The fourth-order valence-corrected chi connectivity index (χ4v) is 2.91. The van der Waals surface area contributed by atoms with Crippen LogP contribution in [0.3, 0.4) is 0 Å². The van der Waals surface area contributed by atoms with Gasteiger partial charge in [0.25, 0.3) is 0 Å². The molecule has 4 nitrogen and oxygen atoms in total. The number of fused-ring (bicyclic) bond motifs is 1. The second kappa shape index (κ2) is 4.78. The fraction of sp³-hybridized carbons (Fsp3) is 0.467. The molecule has 2 aromatic rings. The Hall–Kier alpha value is -1.68. The Kier molecular flexibility index (Phi) is 3.11. The zero-order chi connectivity index (χ0) is 13.4. The van der Waals surface area contributed by atoms with E-state index in [4.69, 9.17) is 5.73 Å². The maximum Gasteiger partial charge on any atom is 0.166 e. The Balaban J connectivity index is 1.85. The first-order valence-electron chi connectivity index (χ1n) is 6.86. The molecule has 0 atom stereocenters. The van der Waals surface area contributed by atoms with E-state index >= 15 is 0 Å². The molecule has 3 rings (SSSR count). The van der Waals surface area contributed by atoms with Gasteiger partial charge < -0.3 is 10.3 Å². The smallest absolute Gasteiger partial charge is 0.166 e. The van der Waals surface area contributed by atoms with Gasteiger partial charge in [-0.1, -0.05) is 0 Å². The van der Waals surface area contributed by atoms with Crippen LogP contribution in [0.2, 0.25) is 0 Å². The van der Waals surface area contributed by atoms with Gasteiger partial charge in [-0.2, -0.15) is 0 Å². The number of Topliss-reactive ketones (excluding diaryl/α,β-unsaturated/α-hetero) is 1. The average Bonchev–Trinajstić information content (AvgIpc) is 2.80. The Morgan fingerprint density at radius 2 is 2.05 bits per heavy atom. The summed E-state index contributed by atoms with van der Waals surface area (Å²) in [6.07, 6.45) is 5.53. The lowest BCUT2D eigenvalue weighted by Gasteiger charge is -2.24. The molecule has 0 spiro atoms. The summed E-state index contributed by atoms with van der Waals surface area (Å²) in [6.45, 7) is 0. The molecule has 1 aromatic heterocycles. The molecule has 0 aliphatic heterocycles. The van der Waals surface area contributed by atoms with Crippen molar-refractivity contribution >= 4 is 16.8 Å². The number of carbonyl (C=O) groups is 1. The number of benzene rings is 1. The van der Waals surface area contributed by atoms with Crippen molar-refractivity contribution in [3.8, 4) is 0 Å². The van der Waals surface area contributed by atoms with Crippen molar-refractivity contribution in [2.75, 3.05) is 0 Å². The molecule has 1 fully saturated rings. The maximum absolute atomic E-state index is 12.5. The lowest BCUT2D eigenvalue weighted by Crippen LogP contribution is -2.29. The number of hydrogen-bond donors (Lipinski definition) is 1. The highest BCUT2D eigenvalue weighted by Crippen LogP contribution is 2.27. The number of nitrogens with two attached hydrogens (primary N) is 1. The molecule has 0 saturated heterocycles. The summed E-state index contributed by atoms with van der Waals surface area (Å²) in [7, 11) is 1.96. The van der Waals surface area contributed by atoms with Crippen LogP contribution in [0.15, 0.2) is 24.5 Å². The average molecular weight is 257 g/mol. The lowest BCUT2D eigenvalue weighted by molar-refractivity contribution is 0.0885. The first kappa shape index (κ1) is 12.4. The zero-order valence-electron chi connectivity index (χ0n) is 11.2. The highest BCUT2D eigenvalue weighted by molar-refractivity contribution is 6.00. The van der Waals surface area contributed by atoms with Crippen molar-refractivity contribution < 1.29 is 4.79 Å². The number of rotatable bonds is 2. The molecule has 1 heterocycles. The highest BCUT2D eigenvalue weighted by Gasteiger charge is 2.25. The topological polar surface area (TPSA) is 60.9 Å². The molecular formula is C15H19N3O. The number of aryl methyl sites for hydroxylation is 1. The normalized spacial score (nSPS) is 23.7. The zero-order valence-corrected chi connectivity index (χ0v) is 11.2. The number of carbonyl (C=O) groups excluding carboxylic acids is 1. The van der Waals surface area contributed by atoms with Crippen LogP contribution in [-0.4, -0.2) is 21.4 Å². The minimum atomic E-state index is 0.140. The monoisotopic (exact) mass is 257 g/mol. The van der Waals surface area contributed by atoms with Crippen molar-refractivity contribution in [1.29, 1.82) is 0 Å². The van der Waals surface area contributed by atoms with Gasteiger partial charge in [0.2, 0.25) is 0 Å². The van der Waals surface area contributed by atoms with Gasteiger partial charge in [-0.15, -0.1) is 0 Å². The molecule has 1 aliphatic carbocycles. The second-order valence-electron chi connectivity index (χ2n) is 5.53. The van der Waals surface area contributed by atoms with Crippen LogP contribution in [0.1, 0.15) is 36.0 Å². The standard InChI is InChI=1S/C15H19N3O/c1-18-9-17-13-8-11(4-7-14(13)18)15(19)10-2-5-12(16)6-3-10/h4,7-10,12H,2-3,5-6,16H2,1H3. The van der Waals surface area contributed by atoms with Crippen LogP contribution in [0.5, 0.6) is 0 Å². The van der Waals surface area contributed by atoms with Crippen molar-refractivity contribution in [2.24, 2.45) is 18.7 Å². The van der Waals surface area contributed by atoms with E-state index in [1.165, 1.54) is 0 Å². The van der Waals surface area contributed by atoms with E-state index in [-0.39, 0.29) is 17.7 Å². The molecule has 0 bridgehead atoms. The molecule has 4 heteroatoms. The Bertz CT molecular complexity index is 609. The van der Waals surface area contributed by atoms with E-state index in [1.807, 2.05) is 29.8 Å². The van der Waals surface area contributed by atoms with Crippen LogP contribution < -0.4 is 5.73 Å². The van der Waals surface area contributed by atoms with Crippen LogP contribution >= 0.6 is 0 Å². The third-order valence-electron chi connectivity index (χ3n) is 4.15. The van der Waals surface area contributed by atoms with Crippen molar-refractivity contribution in [3.05, 3.63) is 30.1 Å². The molecule has 0 radical (unpaired) electrons. The summed E-state index contributed by atoms with van der Waals surface area (Å²) in [5.41, 5.74) is 8.62. The summed E-state index contributed by atoms with van der Waals surface area (Å²) >= 11 is 0. The minimum absolute atomic E-state index is 0.140. The SMILES string of the molecule is Cn1cnc2cc(C(=O)C3CCC(N)CC3)ccc21. The van der Waals surface area contributed by atoms with Crippen LogP contribution in [0.4, 0.5) is 0 Å². The van der Waals surface area contributed by atoms with E-state index in [2.05, 4.69) is 4.98 Å². The summed E-state index contributed by atoms with van der Waals surface area (Å²) in [4.78, 5) is 16.8. The van der Waals surface area contributed by atoms with E-state index < -0.39 is 0 Å². The molecule has 19 heavy (non-hydrogen) atoms. The van der Waals surface area contributed by atoms with Gasteiger partial charge in [-0.05, 0) is 43.9 Å². The molecule has 0 unspecified atom stereocenters. The predicted molar refractivity (Wildman–Crippen MR) is 75.0 cm³/mol. The maximum atomic E-state index is 12.5. The van der Waals surface area contributed by atoms with Crippen LogP contribution in [0.25, 0.3) is 11.0 Å². The summed E-state index contributed by atoms with van der Waals surface area (Å²) in [5.74, 6) is 0.389. The number of aromatic nitrogens is 2. The van der Waals surface area contributed by atoms with Crippen LogP contribution in [-0.2, 0) is 7.05 Å². The Morgan fingerprint density at radius 1 is 1.32 bits per heavy atom. The minimum Gasteiger partial charge on any atom is -0.334 e. The van der Waals surface area contributed by atoms with Gasteiger partial charge in [0.15, 0.2) is 5.78 Å². The number of ketones is 1. The predicted octanol–water partition coefficient (Wildman–Crippen LogP) is 2.27. The Labute approximate surface area is 112 Å². The highest BCUT2D eigenvalue weighted by atomic mass is 16.1. The summed E-state index contributed by atoms with van der Waals surface area (Å²) in [5, 5.41) is 0. The van der Waals surface area contributed by atoms with Crippen LogP contribution in [0, 0.1) is 5.92 Å². The van der Waals surface area contributed by atoms with E-state index in [1.54, 1.807) is 6.33 Å². The van der Waals surface area contributed by atoms with E-state index in [0.29, 0.717) is 0 Å². The lowest BCUT2D eigenvalue weighted by atomic mass is 9.82. The quantitative estimate of drug-likeness (QED) is 0.839. The second-order valence-corrected chi connectivity index (χ2v) is 5.53.